The highest BCUT2D eigenvalue weighted by Gasteiger charge is 2.13. The van der Waals surface area contributed by atoms with Gasteiger partial charge in [-0.15, -0.1) is 0 Å². The monoisotopic (exact) mass is 274 g/mol. The molecule has 0 saturated carbocycles. The maximum absolute atomic E-state index is 13.1. The number of carbonyl (C=O) groups excluding carboxylic acids is 1. The van der Waals surface area contributed by atoms with Crippen molar-refractivity contribution in [3.05, 3.63) is 29.8 Å². The molecule has 1 rings (SSSR count). The first-order chi connectivity index (χ1) is 7.15. The van der Waals surface area contributed by atoms with Gasteiger partial charge in [-0.1, -0.05) is 15.9 Å². The summed E-state index contributed by atoms with van der Waals surface area (Å²) in [5, 5.41) is 3.50. The van der Waals surface area contributed by atoms with Crippen LogP contribution in [0.15, 0.2) is 18.5 Å². The summed E-state index contributed by atoms with van der Waals surface area (Å²) in [7, 11) is 0. The number of carbonyl (C=O) groups is 1. The summed E-state index contributed by atoms with van der Waals surface area (Å²) < 4.78 is 13.1. The molecule has 5 heteroatoms. The van der Waals surface area contributed by atoms with Crippen LogP contribution in [0, 0.1) is 5.82 Å². The van der Waals surface area contributed by atoms with Crippen LogP contribution in [-0.4, -0.2) is 22.3 Å². The van der Waals surface area contributed by atoms with Gasteiger partial charge in [0.15, 0.2) is 5.82 Å². The van der Waals surface area contributed by atoms with E-state index >= 15 is 0 Å². The minimum Gasteiger partial charge on any atom is -0.349 e. The Balaban J connectivity index is 2.65. The molecule has 1 N–H and O–H groups in total. The number of halogens is 2. The molecule has 0 aromatic carbocycles. The second-order valence-corrected chi connectivity index (χ2v) is 4.00. The van der Waals surface area contributed by atoms with Gasteiger partial charge in [0, 0.05) is 17.6 Å². The molecule has 3 nitrogen and oxygen atoms in total. The molecule has 1 atom stereocenters. The van der Waals surface area contributed by atoms with Crippen molar-refractivity contribution >= 4 is 21.8 Å². The molecule has 0 radical (unpaired) electrons. The van der Waals surface area contributed by atoms with Gasteiger partial charge < -0.3 is 5.32 Å². The number of nitrogens with one attached hydrogen (secondary N) is 1. The molecule has 82 valence electrons. The van der Waals surface area contributed by atoms with Gasteiger partial charge >= 0.3 is 0 Å². The van der Waals surface area contributed by atoms with Crippen LogP contribution in [0.4, 0.5) is 4.39 Å². The van der Waals surface area contributed by atoms with E-state index < -0.39 is 11.7 Å². The highest BCUT2D eigenvalue weighted by Crippen LogP contribution is 2.05. The first-order valence-electron chi connectivity index (χ1n) is 4.61. The number of hydrogen-bond donors (Lipinski definition) is 1. The fraction of sp³-hybridized carbons (Fsp3) is 0.400. The molecule has 1 amide bonds. The van der Waals surface area contributed by atoms with Gasteiger partial charge in [-0.3, -0.25) is 9.78 Å². The van der Waals surface area contributed by atoms with E-state index in [1.807, 2.05) is 6.92 Å². The van der Waals surface area contributed by atoms with Crippen molar-refractivity contribution in [2.24, 2.45) is 0 Å². The lowest BCUT2D eigenvalue weighted by Gasteiger charge is -2.12. The number of pyridine rings is 1. The lowest BCUT2D eigenvalue weighted by Crippen LogP contribution is -2.33. The summed E-state index contributed by atoms with van der Waals surface area (Å²) >= 11 is 3.28. The van der Waals surface area contributed by atoms with E-state index in [1.165, 1.54) is 12.3 Å². The standard InChI is InChI=1S/C10H12BrFN2O/c1-7(2-4-11)14-10(15)8-3-5-13-6-9(8)12/h3,5-7H,2,4H2,1H3,(H,14,15). The van der Waals surface area contributed by atoms with E-state index in [4.69, 9.17) is 0 Å². The zero-order valence-corrected chi connectivity index (χ0v) is 9.92. The van der Waals surface area contributed by atoms with Gasteiger partial charge in [0.2, 0.25) is 0 Å². The number of amides is 1. The summed E-state index contributed by atoms with van der Waals surface area (Å²) in [4.78, 5) is 15.1. The maximum Gasteiger partial charge on any atom is 0.254 e. The Labute approximate surface area is 96.2 Å². The van der Waals surface area contributed by atoms with Crippen LogP contribution in [-0.2, 0) is 0 Å². The first kappa shape index (κ1) is 12.1. The Bertz CT molecular complexity index is 346. The van der Waals surface area contributed by atoms with E-state index in [-0.39, 0.29) is 11.6 Å². The SMILES string of the molecule is CC(CCBr)NC(=O)c1ccncc1F. The van der Waals surface area contributed by atoms with E-state index in [0.29, 0.717) is 0 Å². The number of alkyl halides is 1. The Hall–Kier alpha value is -0.970. The van der Waals surface area contributed by atoms with Crippen molar-refractivity contribution in [1.82, 2.24) is 10.3 Å². The number of nitrogens with zero attached hydrogens (tertiary/aromatic N) is 1. The third-order valence-corrected chi connectivity index (χ3v) is 2.39. The number of hydrogen-bond acceptors (Lipinski definition) is 2. The quantitative estimate of drug-likeness (QED) is 0.855. The molecule has 0 spiro atoms. The third kappa shape index (κ3) is 3.58. The van der Waals surface area contributed by atoms with Gasteiger partial charge in [-0.05, 0) is 19.4 Å². The second kappa shape index (κ2) is 5.80. The van der Waals surface area contributed by atoms with Crippen LogP contribution in [0.25, 0.3) is 0 Å². The smallest absolute Gasteiger partial charge is 0.254 e. The highest BCUT2D eigenvalue weighted by molar-refractivity contribution is 9.09. The molecule has 1 aromatic heterocycles. The topological polar surface area (TPSA) is 42.0 Å². The molecule has 0 aliphatic rings. The zero-order valence-electron chi connectivity index (χ0n) is 8.34. The predicted molar refractivity (Wildman–Crippen MR) is 59.5 cm³/mol. The average Bonchev–Trinajstić information content (AvgIpc) is 2.18. The predicted octanol–water partition coefficient (Wildman–Crippen LogP) is 2.12. The van der Waals surface area contributed by atoms with E-state index in [9.17, 15) is 9.18 Å². The lowest BCUT2D eigenvalue weighted by molar-refractivity contribution is 0.0935. The molecule has 1 heterocycles. The van der Waals surface area contributed by atoms with E-state index in [2.05, 4.69) is 26.2 Å². The summed E-state index contributed by atoms with van der Waals surface area (Å²) in [6, 6.07) is 1.38. The molecule has 0 aliphatic heterocycles. The van der Waals surface area contributed by atoms with Gasteiger partial charge in [0.05, 0.1) is 11.8 Å². The van der Waals surface area contributed by atoms with E-state index in [1.54, 1.807) is 0 Å². The van der Waals surface area contributed by atoms with Crippen LogP contribution in [0.3, 0.4) is 0 Å². The third-order valence-electron chi connectivity index (χ3n) is 1.94. The Morgan fingerprint density at radius 2 is 2.47 bits per heavy atom. The van der Waals surface area contributed by atoms with Crippen LogP contribution < -0.4 is 5.32 Å². The molecule has 0 bridgehead atoms. The zero-order chi connectivity index (χ0) is 11.3. The van der Waals surface area contributed by atoms with Crippen LogP contribution >= 0.6 is 15.9 Å². The van der Waals surface area contributed by atoms with Gasteiger partial charge in [0.25, 0.3) is 5.91 Å². The largest absolute Gasteiger partial charge is 0.349 e. The van der Waals surface area contributed by atoms with Crippen LogP contribution in [0.2, 0.25) is 0 Å². The van der Waals surface area contributed by atoms with Crippen molar-refractivity contribution in [1.29, 1.82) is 0 Å². The second-order valence-electron chi connectivity index (χ2n) is 3.21. The normalized spacial score (nSPS) is 12.2. The maximum atomic E-state index is 13.1. The fourth-order valence-electron chi connectivity index (χ4n) is 1.10. The summed E-state index contributed by atoms with van der Waals surface area (Å²) in [6.45, 7) is 1.87. The number of rotatable bonds is 4. The Morgan fingerprint density at radius 3 is 3.07 bits per heavy atom. The van der Waals surface area contributed by atoms with Crippen molar-refractivity contribution in [3.63, 3.8) is 0 Å². The molecular weight excluding hydrogens is 263 g/mol. The molecule has 1 unspecified atom stereocenters. The molecular formula is C10H12BrFN2O. The Morgan fingerprint density at radius 1 is 1.73 bits per heavy atom. The molecule has 1 aromatic rings. The van der Waals surface area contributed by atoms with Crippen molar-refractivity contribution in [2.45, 2.75) is 19.4 Å². The van der Waals surface area contributed by atoms with Crippen molar-refractivity contribution in [3.8, 4) is 0 Å². The Kier molecular flexibility index (Phi) is 4.68. The van der Waals surface area contributed by atoms with Gasteiger partial charge in [-0.2, -0.15) is 0 Å². The molecule has 15 heavy (non-hydrogen) atoms. The summed E-state index contributed by atoms with van der Waals surface area (Å²) in [6.07, 6.45) is 3.23. The van der Waals surface area contributed by atoms with Gasteiger partial charge in [-0.25, -0.2) is 4.39 Å². The van der Waals surface area contributed by atoms with Crippen molar-refractivity contribution < 1.29 is 9.18 Å². The van der Waals surface area contributed by atoms with E-state index in [0.717, 1.165) is 17.9 Å². The van der Waals surface area contributed by atoms with Crippen LogP contribution in [0.1, 0.15) is 23.7 Å². The molecule has 0 saturated heterocycles. The molecule has 0 aliphatic carbocycles. The highest BCUT2D eigenvalue weighted by atomic mass is 79.9. The lowest BCUT2D eigenvalue weighted by atomic mass is 10.2. The number of aromatic nitrogens is 1. The van der Waals surface area contributed by atoms with Crippen molar-refractivity contribution in [2.75, 3.05) is 5.33 Å². The first-order valence-corrected chi connectivity index (χ1v) is 5.73. The van der Waals surface area contributed by atoms with Gasteiger partial charge in [0.1, 0.15) is 0 Å². The van der Waals surface area contributed by atoms with Crippen LogP contribution in [0.5, 0.6) is 0 Å². The average molecular weight is 275 g/mol. The summed E-state index contributed by atoms with van der Waals surface area (Å²) in [5.41, 5.74) is 0.0337. The molecule has 0 fully saturated rings. The minimum atomic E-state index is -0.596. The fourth-order valence-corrected chi connectivity index (χ4v) is 1.78. The minimum absolute atomic E-state index is 0.0180. The summed E-state index contributed by atoms with van der Waals surface area (Å²) in [5.74, 6) is -0.996.